The Kier molecular flexibility index (Phi) is 3.34. The minimum absolute atomic E-state index is 0.00400. The third kappa shape index (κ3) is 2.82. The molecule has 1 aliphatic rings. The SMILES string of the molecule is O=C(Nc1nc2ccc(Cl)cn2n1)N[C@H]1CCc2ncnn2C1. The molecule has 2 N–H and O–H groups in total. The Bertz CT molecular complexity index is 872. The van der Waals surface area contributed by atoms with Gasteiger partial charge in [0.1, 0.15) is 12.2 Å². The second-order valence-electron chi connectivity index (χ2n) is 5.28. The van der Waals surface area contributed by atoms with Crippen molar-refractivity contribution in [2.24, 2.45) is 0 Å². The number of fused-ring (bicyclic) bond motifs is 2. The van der Waals surface area contributed by atoms with Crippen molar-refractivity contribution in [1.82, 2.24) is 34.7 Å². The Labute approximate surface area is 135 Å². The lowest BCUT2D eigenvalue weighted by Gasteiger charge is -2.23. The average molecular weight is 333 g/mol. The Balaban J connectivity index is 1.41. The van der Waals surface area contributed by atoms with Crippen molar-refractivity contribution in [3.05, 3.63) is 35.5 Å². The molecule has 0 radical (unpaired) electrons. The molecular formula is C13H13ClN8O. The largest absolute Gasteiger partial charge is 0.333 e. The van der Waals surface area contributed by atoms with E-state index in [0.29, 0.717) is 17.2 Å². The molecule has 2 amide bonds. The van der Waals surface area contributed by atoms with Gasteiger partial charge in [-0.3, -0.25) is 5.32 Å². The average Bonchev–Trinajstić information content (AvgIpc) is 3.11. The molecule has 0 spiro atoms. The van der Waals surface area contributed by atoms with E-state index in [1.165, 1.54) is 10.8 Å². The highest BCUT2D eigenvalue weighted by Gasteiger charge is 2.21. The summed E-state index contributed by atoms with van der Waals surface area (Å²) < 4.78 is 3.32. The van der Waals surface area contributed by atoms with Crippen LogP contribution in [0.5, 0.6) is 0 Å². The number of hydrogen-bond acceptors (Lipinski definition) is 5. The zero-order chi connectivity index (χ0) is 15.8. The van der Waals surface area contributed by atoms with Crippen LogP contribution >= 0.6 is 11.6 Å². The van der Waals surface area contributed by atoms with Crippen molar-refractivity contribution in [1.29, 1.82) is 0 Å². The number of rotatable bonds is 2. The molecule has 23 heavy (non-hydrogen) atoms. The number of aryl methyl sites for hydroxylation is 1. The first kappa shape index (κ1) is 13.9. The number of nitrogens with one attached hydrogen (secondary N) is 2. The first-order chi connectivity index (χ1) is 11.2. The van der Waals surface area contributed by atoms with Crippen molar-refractivity contribution in [2.45, 2.75) is 25.4 Å². The second-order valence-corrected chi connectivity index (χ2v) is 5.71. The minimum atomic E-state index is -0.347. The summed E-state index contributed by atoms with van der Waals surface area (Å²) >= 11 is 5.89. The summed E-state index contributed by atoms with van der Waals surface area (Å²) in [5.74, 6) is 1.17. The first-order valence-electron chi connectivity index (χ1n) is 7.13. The molecule has 4 rings (SSSR count). The fourth-order valence-electron chi connectivity index (χ4n) is 2.59. The van der Waals surface area contributed by atoms with Gasteiger partial charge in [-0.2, -0.15) is 10.1 Å². The van der Waals surface area contributed by atoms with Crippen LogP contribution in [0.4, 0.5) is 10.7 Å². The molecule has 3 aromatic heterocycles. The second kappa shape index (κ2) is 5.51. The van der Waals surface area contributed by atoms with Crippen LogP contribution in [0.25, 0.3) is 5.65 Å². The van der Waals surface area contributed by atoms with Crippen molar-refractivity contribution in [2.75, 3.05) is 5.32 Å². The van der Waals surface area contributed by atoms with Gasteiger partial charge in [0.15, 0.2) is 5.65 Å². The molecule has 9 nitrogen and oxygen atoms in total. The molecule has 1 aliphatic heterocycles. The van der Waals surface area contributed by atoms with Crippen LogP contribution in [0.3, 0.4) is 0 Å². The number of halogens is 1. The van der Waals surface area contributed by atoms with Gasteiger partial charge in [-0.05, 0) is 18.6 Å². The summed E-state index contributed by atoms with van der Waals surface area (Å²) in [5, 5.41) is 14.4. The summed E-state index contributed by atoms with van der Waals surface area (Å²) in [6, 6.07) is 3.09. The van der Waals surface area contributed by atoms with Gasteiger partial charge >= 0.3 is 6.03 Å². The highest BCUT2D eigenvalue weighted by atomic mass is 35.5. The predicted molar refractivity (Wildman–Crippen MR) is 82.3 cm³/mol. The van der Waals surface area contributed by atoms with Crippen LogP contribution in [-0.2, 0) is 13.0 Å². The topological polar surface area (TPSA) is 102 Å². The molecular weight excluding hydrogens is 320 g/mol. The molecule has 0 bridgehead atoms. The lowest BCUT2D eigenvalue weighted by atomic mass is 10.1. The van der Waals surface area contributed by atoms with Crippen LogP contribution in [0.2, 0.25) is 5.02 Å². The molecule has 0 aromatic carbocycles. The molecule has 0 saturated carbocycles. The lowest BCUT2D eigenvalue weighted by molar-refractivity contribution is 0.243. The molecule has 1 atom stereocenters. The Morgan fingerprint density at radius 1 is 1.39 bits per heavy atom. The number of pyridine rings is 1. The summed E-state index contributed by atoms with van der Waals surface area (Å²) in [4.78, 5) is 20.5. The highest BCUT2D eigenvalue weighted by Crippen LogP contribution is 2.13. The number of carbonyl (C=O) groups is 1. The number of urea groups is 1. The van der Waals surface area contributed by atoms with Gasteiger partial charge in [0, 0.05) is 12.6 Å². The molecule has 3 aromatic rings. The van der Waals surface area contributed by atoms with Crippen molar-refractivity contribution >= 4 is 29.2 Å². The molecule has 0 saturated heterocycles. The van der Waals surface area contributed by atoms with E-state index >= 15 is 0 Å². The van der Waals surface area contributed by atoms with E-state index in [9.17, 15) is 4.79 Å². The van der Waals surface area contributed by atoms with Gasteiger partial charge in [0.05, 0.1) is 17.6 Å². The fraction of sp³-hybridized carbons (Fsp3) is 0.308. The predicted octanol–water partition coefficient (Wildman–Crippen LogP) is 1.11. The van der Waals surface area contributed by atoms with Crippen molar-refractivity contribution in [3.8, 4) is 0 Å². The Hall–Kier alpha value is -2.68. The molecule has 4 heterocycles. The molecule has 0 fully saturated rings. The minimum Gasteiger partial charge on any atom is -0.333 e. The Morgan fingerprint density at radius 2 is 2.30 bits per heavy atom. The maximum atomic E-state index is 12.1. The van der Waals surface area contributed by atoms with Gasteiger partial charge in [-0.15, -0.1) is 5.10 Å². The summed E-state index contributed by atoms with van der Waals surface area (Å²) in [6.45, 7) is 0.608. The fourth-order valence-corrected chi connectivity index (χ4v) is 2.74. The van der Waals surface area contributed by atoms with E-state index in [1.807, 2.05) is 0 Å². The standard InChI is InChI=1S/C13H13ClN8O/c14-8-1-3-11-18-12(20-22(11)5-8)19-13(23)17-9-2-4-10-15-7-16-21(10)6-9/h1,3,5,7,9H,2,4,6H2,(H2,17,19,20,23)/t9-/m0/s1. The third-order valence-electron chi connectivity index (χ3n) is 3.66. The lowest BCUT2D eigenvalue weighted by Crippen LogP contribution is -2.43. The van der Waals surface area contributed by atoms with E-state index in [1.54, 1.807) is 23.0 Å². The normalized spacial score (nSPS) is 17.0. The van der Waals surface area contributed by atoms with E-state index in [-0.39, 0.29) is 18.0 Å². The number of carbonyl (C=O) groups excluding carboxylic acids is 1. The van der Waals surface area contributed by atoms with Gasteiger partial charge in [-0.1, -0.05) is 11.6 Å². The number of anilines is 1. The van der Waals surface area contributed by atoms with E-state index < -0.39 is 0 Å². The molecule has 118 valence electrons. The molecule has 10 heteroatoms. The smallest absolute Gasteiger partial charge is 0.321 e. The quantitative estimate of drug-likeness (QED) is 0.732. The highest BCUT2D eigenvalue weighted by molar-refractivity contribution is 6.30. The zero-order valence-corrected chi connectivity index (χ0v) is 12.7. The molecule has 0 unspecified atom stereocenters. The van der Waals surface area contributed by atoms with Gasteiger partial charge in [0.2, 0.25) is 0 Å². The number of hydrogen-bond donors (Lipinski definition) is 2. The monoisotopic (exact) mass is 332 g/mol. The Morgan fingerprint density at radius 3 is 3.22 bits per heavy atom. The number of nitrogens with zero attached hydrogens (tertiary/aromatic N) is 6. The van der Waals surface area contributed by atoms with E-state index in [4.69, 9.17) is 11.6 Å². The first-order valence-corrected chi connectivity index (χ1v) is 7.51. The van der Waals surface area contributed by atoms with Gasteiger partial charge in [0.25, 0.3) is 5.95 Å². The van der Waals surface area contributed by atoms with Crippen LogP contribution < -0.4 is 10.6 Å². The van der Waals surface area contributed by atoms with Crippen LogP contribution in [0.15, 0.2) is 24.7 Å². The zero-order valence-electron chi connectivity index (χ0n) is 12.0. The summed E-state index contributed by atoms with van der Waals surface area (Å²) in [5.41, 5.74) is 0.606. The van der Waals surface area contributed by atoms with Gasteiger partial charge in [-0.25, -0.2) is 19.0 Å². The molecule has 0 aliphatic carbocycles. The van der Waals surface area contributed by atoms with Crippen LogP contribution in [0, 0.1) is 0 Å². The van der Waals surface area contributed by atoms with Crippen molar-refractivity contribution < 1.29 is 4.79 Å². The number of aromatic nitrogens is 6. The number of amides is 2. The van der Waals surface area contributed by atoms with E-state index in [2.05, 4.69) is 30.8 Å². The third-order valence-corrected chi connectivity index (χ3v) is 3.88. The van der Waals surface area contributed by atoms with Crippen LogP contribution in [0.1, 0.15) is 12.2 Å². The summed E-state index contributed by atoms with van der Waals surface area (Å²) in [6.07, 6.45) is 4.76. The van der Waals surface area contributed by atoms with Crippen molar-refractivity contribution in [3.63, 3.8) is 0 Å². The van der Waals surface area contributed by atoms with Gasteiger partial charge < -0.3 is 5.32 Å². The maximum absolute atomic E-state index is 12.1. The van der Waals surface area contributed by atoms with E-state index in [0.717, 1.165) is 18.7 Å². The maximum Gasteiger partial charge on any atom is 0.321 e. The van der Waals surface area contributed by atoms with Crippen LogP contribution in [-0.4, -0.2) is 41.4 Å². The summed E-state index contributed by atoms with van der Waals surface area (Å²) in [7, 11) is 0.